The Balaban J connectivity index is 2.01. The Hall–Kier alpha value is -0.860. The molecule has 0 N–H and O–H groups in total. The minimum atomic E-state index is -0.0577. The number of ketones is 1. The number of carbonyl (C=O) groups excluding carboxylic acids is 2. The molecule has 0 aromatic heterocycles. The maximum absolute atomic E-state index is 13.0. The maximum atomic E-state index is 13.0. The van der Waals surface area contributed by atoms with Crippen LogP contribution in [0, 0.1) is 11.8 Å². The molecule has 0 bridgehead atoms. The number of carbonyl (C=O) groups is 2. The lowest BCUT2D eigenvalue weighted by molar-refractivity contribution is -0.142. The lowest BCUT2D eigenvalue weighted by Crippen LogP contribution is -2.45. The molecule has 3 heteroatoms. The van der Waals surface area contributed by atoms with Crippen molar-refractivity contribution in [2.75, 3.05) is 13.1 Å². The van der Waals surface area contributed by atoms with Crippen LogP contribution >= 0.6 is 0 Å². The zero-order valence-corrected chi connectivity index (χ0v) is 24.8. The van der Waals surface area contributed by atoms with Crippen LogP contribution in [0.15, 0.2) is 0 Å². The highest BCUT2D eigenvalue weighted by Crippen LogP contribution is 2.27. The van der Waals surface area contributed by atoms with Crippen molar-refractivity contribution in [3.8, 4) is 0 Å². The smallest absolute Gasteiger partial charge is 0.226 e. The summed E-state index contributed by atoms with van der Waals surface area (Å²) in [7, 11) is 0. The van der Waals surface area contributed by atoms with Gasteiger partial charge in [-0.25, -0.2) is 0 Å². The van der Waals surface area contributed by atoms with Gasteiger partial charge in [0.1, 0.15) is 5.78 Å². The van der Waals surface area contributed by atoms with Crippen LogP contribution in [0.3, 0.4) is 0 Å². The third-order valence-electron chi connectivity index (χ3n) is 8.19. The van der Waals surface area contributed by atoms with Crippen LogP contribution in [-0.2, 0) is 9.59 Å². The molecular weight excluding hydrogens is 442 g/mol. The summed E-state index contributed by atoms with van der Waals surface area (Å²) in [6.45, 7) is 8.55. The summed E-state index contributed by atoms with van der Waals surface area (Å²) >= 11 is 0. The molecule has 1 aliphatic rings. The summed E-state index contributed by atoms with van der Waals surface area (Å²) in [6, 6.07) is 0. The van der Waals surface area contributed by atoms with Gasteiger partial charge in [-0.2, -0.15) is 0 Å². The van der Waals surface area contributed by atoms with Crippen LogP contribution in [0.4, 0.5) is 0 Å². The van der Waals surface area contributed by atoms with E-state index in [2.05, 4.69) is 25.7 Å². The number of nitrogens with zero attached hydrogens (tertiary/aromatic N) is 1. The highest BCUT2D eigenvalue weighted by Gasteiger charge is 2.33. The van der Waals surface area contributed by atoms with Crippen LogP contribution in [0.25, 0.3) is 0 Å². The average molecular weight is 506 g/mol. The monoisotopic (exact) mass is 505 g/mol. The van der Waals surface area contributed by atoms with Gasteiger partial charge >= 0.3 is 0 Å². The number of likely N-dealkylation sites (tertiary alicyclic amines) is 1. The second kappa shape index (κ2) is 23.3. The van der Waals surface area contributed by atoms with E-state index in [-0.39, 0.29) is 11.8 Å². The van der Waals surface area contributed by atoms with Crippen LogP contribution in [0.2, 0.25) is 0 Å². The molecular formula is C33H63NO2. The molecule has 1 rings (SSSR count). The van der Waals surface area contributed by atoms with Crippen molar-refractivity contribution in [1.29, 1.82) is 0 Å². The van der Waals surface area contributed by atoms with Crippen LogP contribution in [0.1, 0.15) is 175 Å². The molecule has 0 aliphatic carbocycles. The average Bonchev–Trinajstić information content (AvgIpc) is 2.86. The van der Waals surface area contributed by atoms with Gasteiger partial charge in [0.15, 0.2) is 0 Å². The summed E-state index contributed by atoms with van der Waals surface area (Å²) < 4.78 is 0. The second-order valence-corrected chi connectivity index (χ2v) is 12.0. The molecule has 1 amide bonds. The van der Waals surface area contributed by atoms with Gasteiger partial charge in [-0.05, 0) is 25.2 Å². The van der Waals surface area contributed by atoms with E-state index in [0.29, 0.717) is 24.5 Å². The lowest BCUT2D eigenvalue weighted by atomic mass is 9.85. The highest BCUT2D eigenvalue weighted by atomic mass is 16.2. The minimum Gasteiger partial charge on any atom is -0.342 e. The van der Waals surface area contributed by atoms with E-state index in [1.54, 1.807) is 0 Å². The van der Waals surface area contributed by atoms with Gasteiger partial charge in [-0.1, -0.05) is 143 Å². The Morgan fingerprint density at radius 2 is 1.08 bits per heavy atom. The maximum Gasteiger partial charge on any atom is 0.226 e. The van der Waals surface area contributed by atoms with Gasteiger partial charge in [-0.3, -0.25) is 9.59 Å². The van der Waals surface area contributed by atoms with E-state index in [0.717, 1.165) is 32.4 Å². The predicted molar refractivity (Wildman–Crippen MR) is 156 cm³/mol. The summed E-state index contributed by atoms with van der Waals surface area (Å²) in [5, 5.41) is 0. The molecule has 0 saturated carbocycles. The van der Waals surface area contributed by atoms with Crippen molar-refractivity contribution >= 4 is 11.7 Å². The quantitative estimate of drug-likeness (QED) is 0.116. The lowest BCUT2D eigenvalue weighted by Gasteiger charge is -2.36. The number of rotatable bonds is 25. The molecule has 0 radical (unpaired) electrons. The first-order valence-electron chi connectivity index (χ1n) is 16.4. The van der Waals surface area contributed by atoms with Crippen molar-refractivity contribution in [2.45, 2.75) is 175 Å². The molecule has 1 heterocycles. The molecule has 1 fully saturated rings. The number of amides is 1. The van der Waals surface area contributed by atoms with Crippen LogP contribution in [-0.4, -0.2) is 29.7 Å². The second-order valence-electron chi connectivity index (χ2n) is 12.0. The largest absolute Gasteiger partial charge is 0.342 e. The normalized spacial score (nSPS) is 18.2. The molecule has 1 unspecified atom stereocenters. The van der Waals surface area contributed by atoms with Gasteiger partial charge in [0.05, 0.1) is 0 Å². The zero-order chi connectivity index (χ0) is 26.3. The molecule has 1 saturated heterocycles. The SMILES string of the molecule is CCCCCCCCCCCCCCCCCC(=O)C[C@H]1CC(C)CN(CCCCCCCC)C1=O. The molecule has 2 atom stereocenters. The van der Waals surface area contributed by atoms with Crippen molar-refractivity contribution in [3.05, 3.63) is 0 Å². The first kappa shape index (κ1) is 33.2. The van der Waals surface area contributed by atoms with Crippen LogP contribution in [0.5, 0.6) is 0 Å². The van der Waals surface area contributed by atoms with Gasteiger partial charge in [0.2, 0.25) is 5.91 Å². The molecule has 3 nitrogen and oxygen atoms in total. The number of Topliss-reactive ketones (excluding diaryl/α,β-unsaturated/α-hetero) is 1. The van der Waals surface area contributed by atoms with Gasteiger partial charge in [-0.15, -0.1) is 0 Å². The van der Waals surface area contributed by atoms with E-state index < -0.39 is 0 Å². The van der Waals surface area contributed by atoms with Crippen molar-refractivity contribution in [2.24, 2.45) is 11.8 Å². The highest BCUT2D eigenvalue weighted by molar-refractivity contribution is 5.87. The molecule has 0 spiro atoms. The van der Waals surface area contributed by atoms with Crippen molar-refractivity contribution in [1.82, 2.24) is 4.90 Å². The molecule has 0 aromatic rings. The van der Waals surface area contributed by atoms with Crippen molar-refractivity contribution in [3.63, 3.8) is 0 Å². The number of piperidine rings is 1. The van der Waals surface area contributed by atoms with E-state index in [4.69, 9.17) is 0 Å². The summed E-state index contributed by atoms with van der Waals surface area (Å²) in [5.74, 6) is 1.03. The Morgan fingerprint density at radius 3 is 1.56 bits per heavy atom. The summed E-state index contributed by atoms with van der Waals surface area (Å²) in [6.07, 6.45) is 29.8. The standard InChI is InChI=1S/C33H63NO2/c1-4-6-8-10-12-13-14-15-16-17-18-19-20-21-23-25-32(35)28-31-27-30(3)29-34(33(31)36)26-24-22-11-9-7-5-2/h30-31H,4-29H2,1-3H3/t30?,31-/m1/s1. The minimum absolute atomic E-state index is 0.0577. The Bertz CT molecular complexity index is 532. The number of hydrogen-bond donors (Lipinski definition) is 0. The fraction of sp³-hybridized carbons (Fsp3) is 0.939. The van der Waals surface area contributed by atoms with E-state index in [1.807, 2.05) is 0 Å². The van der Waals surface area contributed by atoms with E-state index in [1.165, 1.54) is 122 Å². The van der Waals surface area contributed by atoms with Gasteiger partial charge in [0, 0.05) is 31.8 Å². The summed E-state index contributed by atoms with van der Waals surface area (Å²) in [4.78, 5) is 27.6. The van der Waals surface area contributed by atoms with Gasteiger partial charge < -0.3 is 4.90 Å². The fourth-order valence-electron chi connectivity index (χ4n) is 5.91. The number of hydrogen-bond acceptors (Lipinski definition) is 2. The first-order chi connectivity index (χ1) is 17.6. The Morgan fingerprint density at radius 1 is 0.667 bits per heavy atom. The number of unbranched alkanes of at least 4 members (excludes halogenated alkanes) is 19. The van der Waals surface area contributed by atoms with Crippen LogP contribution < -0.4 is 0 Å². The van der Waals surface area contributed by atoms with Gasteiger partial charge in [0.25, 0.3) is 0 Å². The first-order valence-corrected chi connectivity index (χ1v) is 16.4. The predicted octanol–water partition coefficient (Wildman–Crippen LogP) is 10.1. The third-order valence-corrected chi connectivity index (χ3v) is 8.19. The molecule has 0 aromatic carbocycles. The Kier molecular flexibility index (Phi) is 21.4. The van der Waals surface area contributed by atoms with E-state index in [9.17, 15) is 9.59 Å². The topological polar surface area (TPSA) is 37.4 Å². The third kappa shape index (κ3) is 17.6. The fourth-order valence-corrected chi connectivity index (χ4v) is 5.91. The Labute approximate surface area is 225 Å². The van der Waals surface area contributed by atoms with E-state index >= 15 is 0 Å². The molecule has 36 heavy (non-hydrogen) atoms. The molecule has 1 aliphatic heterocycles. The van der Waals surface area contributed by atoms with Crippen molar-refractivity contribution < 1.29 is 9.59 Å². The zero-order valence-electron chi connectivity index (χ0n) is 24.8. The summed E-state index contributed by atoms with van der Waals surface area (Å²) in [5.41, 5.74) is 0. The molecule has 212 valence electrons.